The highest BCUT2D eigenvalue weighted by Crippen LogP contribution is 2.17. The van der Waals surface area contributed by atoms with Crippen molar-refractivity contribution in [2.45, 2.75) is 13.5 Å². The third-order valence-electron chi connectivity index (χ3n) is 3.84. The summed E-state index contributed by atoms with van der Waals surface area (Å²) in [6.45, 7) is 2.77. The van der Waals surface area contributed by atoms with Gasteiger partial charge in [0.15, 0.2) is 0 Å². The highest BCUT2D eigenvalue weighted by atomic mass is 16.2. The third kappa shape index (κ3) is 4.33. The van der Waals surface area contributed by atoms with Crippen LogP contribution in [0.1, 0.15) is 11.4 Å². The summed E-state index contributed by atoms with van der Waals surface area (Å²) in [6.07, 6.45) is 1.80. The number of hydrogen-bond donors (Lipinski definition) is 2. The van der Waals surface area contributed by atoms with E-state index in [1.165, 1.54) is 0 Å². The summed E-state index contributed by atoms with van der Waals surface area (Å²) in [5.74, 6) is -0.0681. The van der Waals surface area contributed by atoms with Gasteiger partial charge in [-0.1, -0.05) is 30.3 Å². The molecule has 0 radical (unpaired) electrons. The first kappa shape index (κ1) is 16.9. The Kier molecular flexibility index (Phi) is 4.95. The van der Waals surface area contributed by atoms with Crippen LogP contribution in [0.4, 0.5) is 5.69 Å². The molecule has 2 N–H and O–H groups in total. The number of anilines is 1. The molecule has 1 aromatic carbocycles. The average Bonchev–Trinajstić information content (AvgIpc) is 3.14. The molecule has 7 heteroatoms. The molecule has 0 unspecified atom stereocenters. The first-order valence-corrected chi connectivity index (χ1v) is 8.09. The molecule has 0 aliphatic carbocycles. The Balaban J connectivity index is 1.56. The number of carbonyl (C=O) groups is 1. The van der Waals surface area contributed by atoms with Crippen LogP contribution in [0.15, 0.2) is 42.6 Å². The maximum atomic E-state index is 12.2. The van der Waals surface area contributed by atoms with Crippen molar-refractivity contribution in [2.75, 3.05) is 18.9 Å². The third-order valence-corrected chi connectivity index (χ3v) is 3.84. The first-order valence-electron chi connectivity index (χ1n) is 8.09. The number of aromatic nitrogens is 4. The zero-order valence-corrected chi connectivity index (χ0v) is 14.7. The molecule has 2 heterocycles. The Morgan fingerprint density at radius 1 is 1.32 bits per heavy atom. The van der Waals surface area contributed by atoms with Crippen LogP contribution < -0.4 is 5.32 Å². The summed E-state index contributed by atoms with van der Waals surface area (Å²) in [6, 6.07) is 12.0. The average molecular weight is 338 g/mol. The Morgan fingerprint density at radius 3 is 2.76 bits per heavy atom. The smallest absolute Gasteiger partial charge is 0.238 e. The summed E-state index contributed by atoms with van der Waals surface area (Å²) < 4.78 is 1.68. The molecule has 25 heavy (non-hydrogen) atoms. The van der Waals surface area contributed by atoms with Crippen molar-refractivity contribution in [3.63, 3.8) is 0 Å². The van der Waals surface area contributed by atoms with E-state index in [4.69, 9.17) is 0 Å². The van der Waals surface area contributed by atoms with E-state index >= 15 is 0 Å². The number of nitrogens with zero attached hydrogens (tertiary/aromatic N) is 4. The molecular weight excluding hydrogens is 316 g/mol. The van der Waals surface area contributed by atoms with Gasteiger partial charge in [-0.25, -0.2) is 0 Å². The van der Waals surface area contributed by atoms with Gasteiger partial charge < -0.3 is 5.32 Å². The van der Waals surface area contributed by atoms with Crippen LogP contribution in [0.3, 0.4) is 0 Å². The summed E-state index contributed by atoms with van der Waals surface area (Å²) in [5.41, 5.74) is 4.48. The molecule has 0 bridgehead atoms. The lowest BCUT2D eigenvalue weighted by atomic mass is 10.1. The summed E-state index contributed by atoms with van der Waals surface area (Å²) in [4.78, 5) is 14.1. The Hall–Kier alpha value is -2.93. The summed E-state index contributed by atoms with van der Waals surface area (Å²) in [7, 11) is 3.73. The molecule has 130 valence electrons. The molecule has 3 aromatic rings. The molecule has 0 spiro atoms. The largest absolute Gasteiger partial charge is 0.322 e. The number of aryl methyl sites for hydroxylation is 2. The first-order chi connectivity index (χ1) is 12.0. The van der Waals surface area contributed by atoms with Gasteiger partial charge in [0.05, 0.1) is 23.6 Å². The lowest BCUT2D eigenvalue weighted by molar-refractivity contribution is -0.117. The van der Waals surface area contributed by atoms with Gasteiger partial charge in [-0.05, 0) is 20.0 Å². The van der Waals surface area contributed by atoms with Crippen LogP contribution in [-0.2, 0) is 18.4 Å². The van der Waals surface area contributed by atoms with Crippen molar-refractivity contribution in [1.82, 2.24) is 24.9 Å². The quantitative estimate of drug-likeness (QED) is 0.722. The number of H-pyrrole nitrogens is 1. The van der Waals surface area contributed by atoms with Crippen molar-refractivity contribution in [1.29, 1.82) is 0 Å². The SMILES string of the molecule is Cc1nn(C)cc1NC(=O)CN(C)Cc1cc(-c2ccccc2)n[nH]1. The topological polar surface area (TPSA) is 78.8 Å². The zero-order valence-electron chi connectivity index (χ0n) is 14.7. The van der Waals surface area contributed by atoms with E-state index in [2.05, 4.69) is 20.6 Å². The highest BCUT2D eigenvalue weighted by molar-refractivity contribution is 5.92. The maximum absolute atomic E-state index is 12.2. The molecule has 0 atom stereocenters. The monoisotopic (exact) mass is 338 g/mol. The number of carbonyl (C=O) groups excluding carboxylic acids is 1. The van der Waals surface area contributed by atoms with Crippen molar-refractivity contribution in [3.8, 4) is 11.3 Å². The van der Waals surface area contributed by atoms with Gasteiger partial charge in [0.25, 0.3) is 0 Å². The molecule has 7 nitrogen and oxygen atoms in total. The van der Waals surface area contributed by atoms with E-state index in [1.807, 2.05) is 62.3 Å². The number of aromatic amines is 1. The van der Waals surface area contributed by atoms with Crippen molar-refractivity contribution >= 4 is 11.6 Å². The van der Waals surface area contributed by atoms with Crippen LogP contribution in [0.2, 0.25) is 0 Å². The van der Waals surface area contributed by atoms with E-state index in [9.17, 15) is 4.79 Å². The van der Waals surface area contributed by atoms with E-state index in [-0.39, 0.29) is 12.5 Å². The number of likely N-dealkylation sites (N-methyl/N-ethyl adjacent to an activating group) is 1. The maximum Gasteiger partial charge on any atom is 0.238 e. The Bertz CT molecular complexity index is 852. The lowest BCUT2D eigenvalue weighted by Crippen LogP contribution is -2.30. The van der Waals surface area contributed by atoms with E-state index in [0.717, 1.165) is 28.3 Å². The molecule has 1 amide bonds. The van der Waals surface area contributed by atoms with Crippen LogP contribution in [0, 0.1) is 6.92 Å². The molecule has 3 rings (SSSR count). The number of rotatable bonds is 6. The fraction of sp³-hybridized carbons (Fsp3) is 0.278. The van der Waals surface area contributed by atoms with Gasteiger partial charge in [0, 0.05) is 31.0 Å². The van der Waals surface area contributed by atoms with Crippen molar-refractivity contribution in [3.05, 3.63) is 54.0 Å². The van der Waals surface area contributed by atoms with Crippen LogP contribution in [0.5, 0.6) is 0 Å². The fourth-order valence-corrected chi connectivity index (χ4v) is 2.70. The number of nitrogens with one attached hydrogen (secondary N) is 2. The standard InChI is InChI=1S/C18H22N6O/c1-13-17(11-24(3)22-13)19-18(25)12-23(2)10-15-9-16(21-20-15)14-7-5-4-6-8-14/h4-9,11H,10,12H2,1-3H3,(H,19,25)(H,20,21). The van der Waals surface area contributed by atoms with Crippen LogP contribution in [0.25, 0.3) is 11.3 Å². The van der Waals surface area contributed by atoms with Crippen LogP contribution >= 0.6 is 0 Å². The predicted molar refractivity (Wildman–Crippen MR) is 96.9 cm³/mol. The van der Waals surface area contributed by atoms with Gasteiger partial charge in [0.2, 0.25) is 5.91 Å². The lowest BCUT2D eigenvalue weighted by Gasteiger charge is -2.14. The Labute approximate surface area is 146 Å². The normalized spacial score (nSPS) is 11.0. The summed E-state index contributed by atoms with van der Waals surface area (Å²) in [5, 5.41) is 14.5. The summed E-state index contributed by atoms with van der Waals surface area (Å²) >= 11 is 0. The molecule has 0 aliphatic heterocycles. The van der Waals surface area contributed by atoms with E-state index in [1.54, 1.807) is 10.9 Å². The minimum atomic E-state index is -0.0681. The van der Waals surface area contributed by atoms with Crippen molar-refractivity contribution in [2.24, 2.45) is 7.05 Å². The van der Waals surface area contributed by atoms with Crippen LogP contribution in [-0.4, -0.2) is 44.4 Å². The number of benzene rings is 1. The second-order valence-corrected chi connectivity index (χ2v) is 6.17. The molecular formula is C18H22N6O. The fourth-order valence-electron chi connectivity index (χ4n) is 2.70. The highest BCUT2D eigenvalue weighted by Gasteiger charge is 2.12. The second-order valence-electron chi connectivity index (χ2n) is 6.17. The van der Waals surface area contributed by atoms with Gasteiger partial charge >= 0.3 is 0 Å². The molecule has 2 aromatic heterocycles. The van der Waals surface area contributed by atoms with E-state index < -0.39 is 0 Å². The zero-order chi connectivity index (χ0) is 17.8. The van der Waals surface area contributed by atoms with Gasteiger partial charge in [-0.15, -0.1) is 0 Å². The molecule has 0 fully saturated rings. The van der Waals surface area contributed by atoms with Gasteiger partial charge in [-0.2, -0.15) is 10.2 Å². The Morgan fingerprint density at radius 2 is 2.08 bits per heavy atom. The minimum absolute atomic E-state index is 0.0681. The molecule has 0 saturated carbocycles. The molecule has 0 aliphatic rings. The van der Waals surface area contributed by atoms with Crippen molar-refractivity contribution < 1.29 is 4.79 Å². The number of hydrogen-bond acceptors (Lipinski definition) is 4. The molecule has 0 saturated heterocycles. The van der Waals surface area contributed by atoms with Gasteiger partial charge in [0.1, 0.15) is 0 Å². The van der Waals surface area contributed by atoms with Gasteiger partial charge in [-0.3, -0.25) is 19.5 Å². The van der Waals surface area contributed by atoms with E-state index in [0.29, 0.717) is 6.54 Å². The predicted octanol–water partition coefficient (Wildman–Crippen LogP) is 2.19. The second kappa shape index (κ2) is 7.31. The minimum Gasteiger partial charge on any atom is -0.322 e. The number of amides is 1.